The van der Waals surface area contributed by atoms with Gasteiger partial charge in [0, 0.05) is 23.5 Å². The number of nitrogens with one attached hydrogen (secondary N) is 1. The van der Waals surface area contributed by atoms with Crippen molar-refractivity contribution in [3.8, 4) is 17.1 Å². The lowest BCUT2D eigenvalue weighted by atomic mass is 9.71. The Balaban J connectivity index is 1.36. The Bertz CT molecular complexity index is 1190. The summed E-state index contributed by atoms with van der Waals surface area (Å²) in [5, 5.41) is 17.0. The quantitative estimate of drug-likeness (QED) is 0.469. The minimum absolute atomic E-state index is 0.0143. The Morgan fingerprint density at radius 2 is 1.82 bits per heavy atom. The molecule has 2 atom stereocenters. The zero-order valence-corrected chi connectivity index (χ0v) is 18.4. The lowest BCUT2D eigenvalue weighted by molar-refractivity contribution is -0.138. The van der Waals surface area contributed by atoms with Gasteiger partial charge in [0.15, 0.2) is 5.76 Å². The summed E-state index contributed by atoms with van der Waals surface area (Å²) in [5.74, 6) is -1.12. The van der Waals surface area contributed by atoms with Gasteiger partial charge in [-0.2, -0.15) is 13.2 Å². The normalized spacial score (nSPS) is 21.7. The second-order valence-electron chi connectivity index (χ2n) is 9.28. The van der Waals surface area contributed by atoms with E-state index in [1.54, 1.807) is 6.07 Å². The van der Waals surface area contributed by atoms with Crippen molar-refractivity contribution in [3.63, 3.8) is 0 Å². The fourth-order valence-corrected chi connectivity index (χ4v) is 5.25. The van der Waals surface area contributed by atoms with Gasteiger partial charge in [-0.05, 0) is 55.9 Å². The van der Waals surface area contributed by atoms with Gasteiger partial charge in [-0.1, -0.05) is 41.9 Å². The molecule has 2 fully saturated rings. The summed E-state index contributed by atoms with van der Waals surface area (Å²) in [5.41, 5.74) is 0.381. The number of alkyl halides is 3. The molecule has 2 aromatic carbocycles. The van der Waals surface area contributed by atoms with Crippen LogP contribution in [0, 0.1) is 5.92 Å². The minimum atomic E-state index is -4.69. The molecule has 2 aliphatic rings. The van der Waals surface area contributed by atoms with Crippen LogP contribution in [0.1, 0.15) is 61.3 Å². The summed E-state index contributed by atoms with van der Waals surface area (Å²) >= 11 is 0. The van der Waals surface area contributed by atoms with Crippen LogP contribution in [0.3, 0.4) is 0 Å². The highest BCUT2D eigenvalue weighted by molar-refractivity contribution is 5.81. The van der Waals surface area contributed by atoms with Crippen LogP contribution >= 0.6 is 0 Å². The molecule has 2 N–H and O–H groups in total. The van der Waals surface area contributed by atoms with Gasteiger partial charge in [0.25, 0.3) is 0 Å². The summed E-state index contributed by atoms with van der Waals surface area (Å²) in [6, 6.07) is 14.8. The Morgan fingerprint density at radius 3 is 2.50 bits per heavy atom. The number of carbonyl (C=O) groups is 1. The molecule has 5 rings (SSSR count). The van der Waals surface area contributed by atoms with Gasteiger partial charge in [-0.3, -0.25) is 4.79 Å². The zero-order chi connectivity index (χ0) is 23.9. The van der Waals surface area contributed by atoms with Crippen molar-refractivity contribution in [2.45, 2.75) is 56.2 Å². The van der Waals surface area contributed by atoms with Crippen molar-refractivity contribution in [2.75, 3.05) is 0 Å². The average molecular weight is 470 g/mol. The number of aromatic hydroxyl groups is 1. The number of benzene rings is 2. The number of carbonyl (C=O) groups excluding carboxylic acids is 1. The number of halogens is 3. The van der Waals surface area contributed by atoms with Crippen LogP contribution < -0.4 is 5.32 Å². The smallest absolute Gasteiger partial charge is 0.419 e. The summed E-state index contributed by atoms with van der Waals surface area (Å²) in [6.45, 7) is 0. The molecule has 3 aromatic rings. The lowest BCUT2D eigenvalue weighted by Crippen LogP contribution is -2.52. The highest BCUT2D eigenvalue weighted by atomic mass is 19.4. The van der Waals surface area contributed by atoms with E-state index in [1.165, 1.54) is 6.07 Å². The van der Waals surface area contributed by atoms with Gasteiger partial charge in [0.2, 0.25) is 5.91 Å². The molecule has 0 aliphatic heterocycles. The fourth-order valence-electron chi connectivity index (χ4n) is 5.25. The molecule has 34 heavy (non-hydrogen) atoms. The first-order chi connectivity index (χ1) is 16.3. The van der Waals surface area contributed by atoms with Crippen molar-refractivity contribution in [1.82, 2.24) is 10.5 Å². The molecule has 1 heterocycles. The maximum atomic E-state index is 13.4. The predicted octanol–water partition coefficient (Wildman–Crippen LogP) is 6.15. The van der Waals surface area contributed by atoms with Crippen molar-refractivity contribution in [2.24, 2.45) is 5.92 Å². The summed E-state index contributed by atoms with van der Waals surface area (Å²) in [4.78, 5) is 13.4. The average Bonchev–Trinajstić information content (AvgIpc) is 3.46. The molecule has 178 valence electrons. The maximum Gasteiger partial charge on any atom is 0.419 e. The zero-order valence-electron chi connectivity index (χ0n) is 18.4. The van der Waals surface area contributed by atoms with Crippen LogP contribution in [-0.4, -0.2) is 16.2 Å². The minimum Gasteiger partial charge on any atom is -0.507 e. The van der Waals surface area contributed by atoms with E-state index in [2.05, 4.69) is 10.5 Å². The van der Waals surface area contributed by atoms with Crippen LogP contribution in [0.5, 0.6) is 5.75 Å². The number of nitrogens with zero attached hydrogens (tertiary/aromatic N) is 1. The Hall–Kier alpha value is -3.29. The molecule has 0 spiro atoms. The monoisotopic (exact) mass is 470 g/mol. The number of hydrogen-bond donors (Lipinski definition) is 2. The van der Waals surface area contributed by atoms with Gasteiger partial charge < -0.3 is 14.9 Å². The topological polar surface area (TPSA) is 75.4 Å². The van der Waals surface area contributed by atoms with E-state index in [0.717, 1.165) is 56.2 Å². The van der Waals surface area contributed by atoms with E-state index in [-0.39, 0.29) is 34.6 Å². The highest BCUT2D eigenvalue weighted by Crippen LogP contribution is 2.45. The number of rotatable bonds is 5. The molecule has 2 aliphatic carbocycles. The third-order valence-corrected chi connectivity index (χ3v) is 7.24. The maximum absolute atomic E-state index is 13.4. The summed E-state index contributed by atoms with van der Waals surface area (Å²) < 4.78 is 44.9. The fraction of sp³-hybridized carbons (Fsp3) is 0.385. The standard InChI is InChI=1S/C26H25F3N2O3/c27-26(28,29)20-14-16(10-11-22(20)32)23-15-21(31-34-23)18-8-4-9-19(18)24(33)30-25(12-5-13-25)17-6-2-1-3-7-17/h1-3,6-7,10-11,14-15,18-19,32H,4-5,8-9,12-13H2,(H,30,33)/t18-,19-/m1/s1. The molecule has 2 saturated carbocycles. The molecule has 5 nitrogen and oxygen atoms in total. The Kier molecular flexibility index (Phi) is 5.62. The second-order valence-corrected chi connectivity index (χ2v) is 9.28. The van der Waals surface area contributed by atoms with Crippen LogP contribution in [-0.2, 0) is 16.5 Å². The lowest BCUT2D eigenvalue weighted by Gasteiger charge is -2.44. The Labute approximate surface area is 195 Å². The van der Waals surface area contributed by atoms with Crippen LogP contribution in [0.4, 0.5) is 13.2 Å². The molecule has 1 amide bonds. The molecule has 0 bridgehead atoms. The van der Waals surface area contributed by atoms with Crippen molar-refractivity contribution >= 4 is 5.91 Å². The van der Waals surface area contributed by atoms with E-state index < -0.39 is 17.5 Å². The largest absolute Gasteiger partial charge is 0.507 e. The SMILES string of the molecule is O=C(NC1(c2ccccc2)CCC1)[C@@H]1CCC[C@H]1c1cc(-c2ccc(O)c(C(F)(F)F)c2)on1. The third-order valence-electron chi connectivity index (χ3n) is 7.24. The van der Waals surface area contributed by atoms with Crippen molar-refractivity contribution in [1.29, 1.82) is 0 Å². The van der Waals surface area contributed by atoms with E-state index in [9.17, 15) is 23.1 Å². The molecule has 8 heteroatoms. The van der Waals surface area contributed by atoms with E-state index in [0.29, 0.717) is 5.69 Å². The van der Waals surface area contributed by atoms with Crippen LogP contribution in [0.25, 0.3) is 11.3 Å². The van der Waals surface area contributed by atoms with Gasteiger partial charge in [-0.15, -0.1) is 0 Å². The second kappa shape index (κ2) is 8.49. The van der Waals surface area contributed by atoms with Crippen LogP contribution in [0.2, 0.25) is 0 Å². The van der Waals surface area contributed by atoms with Gasteiger partial charge in [-0.25, -0.2) is 0 Å². The highest BCUT2D eigenvalue weighted by Gasteiger charge is 2.44. The van der Waals surface area contributed by atoms with E-state index in [1.807, 2.05) is 30.3 Å². The molecule has 0 radical (unpaired) electrons. The number of hydrogen-bond acceptors (Lipinski definition) is 4. The third kappa shape index (κ3) is 4.06. The first-order valence-corrected chi connectivity index (χ1v) is 11.5. The number of amides is 1. The number of aromatic nitrogens is 1. The Morgan fingerprint density at radius 1 is 1.06 bits per heavy atom. The van der Waals surface area contributed by atoms with Crippen molar-refractivity contribution in [3.05, 3.63) is 71.4 Å². The molecule has 0 saturated heterocycles. The van der Waals surface area contributed by atoms with Gasteiger partial charge in [0.05, 0.1) is 16.8 Å². The van der Waals surface area contributed by atoms with Crippen LogP contribution in [0.15, 0.2) is 59.1 Å². The summed E-state index contributed by atoms with van der Waals surface area (Å²) in [7, 11) is 0. The number of phenols is 1. The first kappa shape index (κ1) is 22.5. The van der Waals surface area contributed by atoms with Gasteiger partial charge >= 0.3 is 6.18 Å². The molecule has 0 unspecified atom stereocenters. The summed E-state index contributed by atoms with van der Waals surface area (Å²) in [6.07, 6.45) is 0.511. The molecule has 1 aromatic heterocycles. The number of phenolic OH excluding ortho intramolecular Hbond substituents is 1. The molecular formula is C26H25F3N2O3. The van der Waals surface area contributed by atoms with E-state index in [4.69, 9.17) is 4.52 Å². The van der Waals surface area contributed by atoms with E-state index >= 15 is 0 Å². The predicted molar refractivity (Wildman–Crippen MR) is 119 cm³/mol. The van der Waals surface area contributed by atoms with Crippen molar-refractivity contribution < 1.29 is 27.6 Å². The molecular weight excluding hydrogens is 445 g/mol. The van der Waals surface area contributed by atoms with Gasteiger partial charge in [0.1, 0.15) is 5.75 Å². The first-order valence-electron chi connectivity index (χ1n) is 11.5.